The lowest BCUT2D eigenvalue weighted by Gasteiger charge is -2.24. The third-order valence-electron chi connectivity index (χ3n) is 4.93. The summed E-state index contributed by atoms with van der Waals surface area (Å²) >= 11 is 1.62. The highest BCUT2D eigenvalue weighted by atomic mass is 32.1. The average Bonchev–Trinajstić information content (AvgIpc) is 3.14. The Morgan fingerprint density at radius 2 is 1.93 bits per heavy atom. The number of hydrogen-bond donors (Lipinski definition) is 1. The number of ether oxygens (including phenoxy) is 1. The molecule has 1 unspecified atom stereocenters. The van der Waals surface area contributed by atoms with Gasteiger partial charge in [0.2, 0.25) is 5.91 Å². The van der Waals surface area contributed by atoms with Gasteiger partial charge in [-0.15, -0.1) is 0 Å². The van der Waals surface area contributed by atoms with Crippen LogP contribution in [0.25, 0.3) is 0 Å². The zero-order valence-corrected chi connectivity index (χ0v) is 16.5. The fourth-order valence-electron chi connectivity index (χ4n) is 3.49. The Hall–Kier alpha value is -2.63. The maximum atomic E-state index is 12.2. The molecule has 144 valence electrons. The average molecular weight is 393 g/mol. The number of fused-ring (bicyclic) bond motifs is 1. The molecular weight excluding hydrogens is 368 g/mol. The van der Waals surface area contributed by atoms with Crippen LogP contribution in [0, 0.1) is 0 Å². The highest BCUT2D eigenvalue weighted by Crippen LogP contribution is 2.30. The molecule has 0 radical (unpaired) electrons. The van der Waals surface area contributed by atoms with Crippen molar-refractivity contribution >= 4 is 17.2 Å². The van der Waals surface area contributed by atoms with Crippen LogP contribution in [0.1, 0.15) is 22.8 Å². The third-order valence-corrected chi connectivity index (χ3v) is 5.66. The highest BCUT2D eigenvalue weighted by Gasteiger charge is 2.23. The number of benzene rings is 2. The Morgan fingerprint density at radius 3 is 2.75 bits per heavy atom. The number of amides is 1. The predicted molar refractivity (Wildman–Crippen MR) is 113 cm³/mol. The predicted octanol–water partition coefficient (Wildman–Crippen LogP) is 4.04. The SMILES string of the molecule is O=C(Cc1ccsc1)NCCN1Cc2ccccc2OC(c2ccccc2)C1. The first-order valence-corrected chi connectivity index (χ1v) is 10.5. The first-order valence-electron chi connectivity index (χ1n) is 9.57. The summed E-state index contributed by atoms with van der Waals surface area (Å²) in [6, 6.07) is 20.6. The summed E-state index contributed by atoms with van der Waals surface area (Å²) in [5.74, 6) is 1.02. The molecule has 2 aromatic carbocycles. The number of hydrogen-bond acceptors (Lipinski definition) is 4. The Kier molecular flexibility index (Phi) is 6.04. The van der Waals surface area contributed by atoms with E-state index in [-0.39, 0.29) is 12.0 Å². The molecule has 0 saturated carbocycles. The van der Waals surface area contributed by atoms with E-state index < -0.39 is 0 Å². The van der Waals surface area contributed by atoms with E-state index in [2.05, 4.69) is 28.4 Å². The van der Waals surface area contributed by atoms with E-state index in [4.69, 9.17) is 4.74 Å². The summed E-state index contributed by atoms with van der Waals surface area (Å²) in [6.45, 7) is 3.03. The fraction of sp³-hybridized carbons (Fsp3) is 0.261. The zero-order valence-electron chi connectivity index (χ0n) is 15.7. The standard InChI is InChI=1S/C23H24N2O2S/c26-23(14-18-10-13-28-17-18)24-11-12-25-15-20-8-4-5-9-21(20)27-22(16-25)19-6-2-1-3-7-19/h1-10,13,17,22H,11-12,14-16H2,(H,24,26). The van der Waals surface area contributed by atoms with Gasteiger partial charge in [0, 0.05) is 31.7 Å². The molecule has 2 heterocycles. The van der Waals surface area contributed by atoms with Crippen molar-refractivity contribution in [1.82, 2.24) is 10.2 Å². The Morgan fingerprint density at radius 1 is 1.11 bits per heavy atom. The highest BCUT2D eigenvalue weighted by molar-refractivity contribution is 7.08. The van der Waals surface area contributed by atoms with Crippen molar-refractivity contribution in [2.75, 3.05) is 19.6 Å². The van der Waals surface area contributed by atoms with Crippen LogP contribution in [0.2, 0.25) is 0 Å². The summed E-state index contributed by atoms with van der Waals surface area (Å²) in [5.41, 5.74) is 3.43. The molecule has 1 amide bonds. The van der Waals surface area contributed by atoms with E-state index in [1.165, 1.54) is 11.1 Å². The van der Waals surface area contributed by atoms with Crippen LogP contribution >= 0.6 is 11.3 Å². The molecule has 0 bridgehead atoms. The van der Waals surface area contributed by atoms with Crippen molar-refractivity contribution in [3.63, 3.8) is 0 Å². The number of thiophene rings is 1. The molecule has 4 rings (SSSR count). The molecule has 0 saturated heterocycles. The van der Waals surface area contributed by atoms with Gasteiger partial charge in [-0.1, -0.05) is 48.5 Å². The van der Waals surface area contributed by atoms with E-state index in [0.29, 0.717) is 13.0 Å². The lowest BCUT2D eigenvalue weighted by atomic mass is 10.1. The molecule has 0 aliphatic carbocycles. The molecule has 4 nitrogen and oxygen atoms in total. The van der Waals surface area contributed by atoms with Crippen LogP contribution in [-0.2, 0) is 17.8 Å². The normalized spacial score (nSPS) is 16.6. The minimum atomic E-state index is -0.0219. The molecule has 1 atom stereocenters. The topological polar surface area (TPSA) is 41.6 Å². The number of para-hydroxylation sites is 1. The van der Waals surface area contributed by atoms with E-state index >= 15 is 0 Å². The van der Waals surface area contributed by atoms with Crippen LogP contribution < -0.4 is 10.1 Å². The number of rotatable bonds is 6. The second-order valence-electron chi connectivity index (χ2n) is 7.02. The fourth-order valence-corrected chi connectivity index (χ4v) is 4.15. The molecule has 5 heteroatoms. The number of nitrogens with zero attached hydrogens (tertiary/aromatic N) is 1. The lowest BCUT2D eigenvalue weighted by molar-refractivity contribution is -0.120. The Bertz CT molecular complexity index is 896. The van der Waals surface area contributed by atoms with Gasteiger partial charge in [-0.2, -0.15) is 11.3 Å². The quantitative estimate of drug-likeness (QED) is 0.688. The summed E-state index contributed by atoms with van der Waals surface area (Å²) in [7, 11) is 0. The van der Waals surface area contributed by atoms with Gasteiger partial charge in [0.1, 0.15) is 11.9 Å². The van der Waals surface area contributed by atoms with E-state index in [1.54, 1.807) is 11.3 Å². The molecule has 1 aromatic heterocycles. The van der Waals surface area contributed by atoms with Crippen molar-refractivity contribution in [3.8, 4) is 5.75 Å². The van der Waals surface area contributed by atoms with Gasteiger partial charge >= 0.3 is 0 Å². The first-order chi connectivity index (χ1) is 13.8. The van der Waals surface area contributed by atoms with Gasteiger partial charge in [-0.25, -0.2) is 0 Å². The van der Waals surface area contributed by atoms with Crippen molar-refractivity contribution in [2.45, 2.75) is 19.1 Å². The van der Waals surface area contributed by atoms with E-state index in [9.17, 15) is 4.79 Å². The van der Waals surface area contributed by atoms with Gasteiger partial charge in [-0.05, 0) is 34.0 Å². The van der Waals surface area contributed by atoms with Gasteiger partial charge in [0.15, 0.2) is 0 Å². The summed E-state index contributed by atoms with van der Waals surface area (Å²) in [6.07, 6.45) is 0.425. The lowest BCUT2D eigenvalue weighted by Crippen LogP contribution is -2.37. The molecule has 3 aromatic rings. The maximum Gasteiger partial charge on any atom is 0.224 e. The minimum Gasteiger partial charge on any atom is -0.484 e. The molecule has 0 fully saturated rings. The van der Waals surface area contributed by atoms with Crippen molar-refractivity contribution in [2.24, 2.45) is 0 Å². The second-order valence-corrected chi connectivity index (χ2v) is 7.80. The molecule has 28 heavy (non-hydrogen) atoms. The minimum absolute atomic E-state index is 0.0219. The Balaban J connectivity index is 1.40. The van der Waals surface area contributed by atoms with Gasteiger partial charge in [0.05, 0.1) is 6.42 Å². The van der Waals surface area contributed by atoms with Crippen LogP contribution in [0.4, 0.5) is 0 Å². The zero-order chi connectivity index (χ0) is 19.2. The third kappa shape index (κ3) is 4.80. The van der Waals surface area contributed by atoms with Crippen molar-refractivity contribution in [3.05, 3.63) is 88.1 Å². The maximum absolute atomic E-state index is 12.2. The number of nitrogens with one attached hydrogen (secondary N) is 1. The van der Waals surface area contributed by atoms with Gasteiger partial charge in [0.25, 0.3) is 0 Å². The van der Waals surface area contributed by atoms with Crippen molar-refractivity contribution in [1.29, 1.82) is 0 Å². The second kappa shape index (κ2) is 9.04. The molecule has 1 aliphatic heterocycles. The molecule has 1 N–H and O–H groups in total. The summed E-state index contributed by atoms with van der Waals surface area (Å²) in [4.78, 5) is 14.5. The van der Waals surface area contributed by atoms with Crippen LogP contribution in [0.15, 0.2) is 71.4 Å². The smallest absolute Gasteiger partial charge is 0.224 e. The molecule has 1 aliphatic rings. The number of carbonyl (C=O) groups excluding carboxylic acids is 1. The monoisotopic (exact) mass is 392 g/mol. The summed E-state index contributed by atoms with van der Waals surface area (Å²) in [5, 5.41) is 7.07. The molecular formula is C23H24N2O2S. The van der Waals surface area contributed by atoms with Gasteiger partial charge < -0.3 is 10.1 Å². The largest absolute Gasteiger partial charge is 0.484 e. The van der Waals surface area contributed by atoms with E-state index in [1.807, 2.05) is 53.2 Å². The first kappa shape index (κ1) is 18.7. The molecule has 0 spiro atoms. The van der Waals surface area contributed by atoms with Crippen LogP contribution in [0.3, 0.4) is 0 Å². The Labute approximate surface area is 169 Å². The van der Waals surface area contributed by atoms with Crippen molar-refractivity contribution < 1.29 is 9.53 Å². The van der Waals surface area contributed by atoms with Gasteiger partial charge in [-0.3, -0.25) is 9.69 Å². The van der Waals surface area contributed by atoms with E-state index in [0.717, 1.165) is 30.9 Å². The summed E-state index contributed by atoms with van der Waals surface area (Å²) < 4.78 is 6.34. The number of carbonyl (C=O) groups is 1. The van der Waals surface area contributed by atoms with Crippen LogP contribution in [0.5, 0.6) is 5.75 Å². The van der Waals surface area contributed by atoms with Crippen LogP contribution in [-0.4, -0.2) is 30.4 Å².